The maximum atomic E-state index is 12.5. The summed E-state index contributed by atoms with van der Waals surface area (Å²) in [6.07, 6.45) is 5.18. The summed E-state index contributed by atoms with van der Waals surface area (Å²) >= 11 is 6.02. The number of aryl methyl sites for hydroxylation is 1. The van der Waals surface area contributed by atoms with Gasteiger partial charge in [0, 0.05) is 22.0 Å². The molecule has 0 bridgehead atoms. The second kappa shape index (κ2) is 8.71. The van der Waals surface area contributed by atoms with Gasteiger partial charge in [-0.2, -0.15) is 0 Å². The standard InChI is InChI=1S/C23H21ClN2O4/c1-2-3-4-5-7-14-10-16-12-18(23(28)29-20(16)13-19(14)27)22-26-25-21(30-22)15-8-6-9-17(24)11-15/h6,8-13,27H,2-5,7H2,1H3. The number of aromatic nitrogens is 2. The van der Waals surface area contributed by atoms with E-state index in [4.69, 9.17) is 20.4 Å². The Hall–Kier alpha value is -3.12. The van der Waals surface area contributed by atoms with Gasteiger partial charge in [0.2, 0.25) is 5.89 Å². The van der Waals surface area contributed by atoms with Crippen LogP contribution in [-0.2, 0) is 6.42 Å². The third-order valence-electron chi connectivity index (χ3n) is 4.96. The summed E-state index contributed by atoms with van der Waals surface area (Å²) in [7, 11) is 0. The molecule has 0 fully saturated rings. The highest BCUT2D eigenvalue weighted by atomic mass is 35.5. The Bertz CT molecular complexity index is 1250. The zero-order valence-corrected chi connectivity index (χ0v) is 17.3. The lowest BCUT2D eigenvalue weighted by Gasteiger charge is -2.07. The molecule has 0 aliphatic carbocycles. The molecule has 2 heterocycles. The van der Waals surface area contributed by atoms with E-state index in [0.717, 1.165) is 31.2 Å². The largest absolute Gasteiger partial charge is 0.508 e. The van der Waals surface area contributed by atoms with Crippen LogP contribution in [0.25, 0.3) is 33.9 Å². The van der Waals surface area contributed by atoms with Crippen molar-refractivity contribution in [1.29, 1.82) is 0 Å². The van der Waals surface area contributed by atoms with Gasteiger partial charge in [-0.1, -0.05) is 43.9 Å². The van der Waals surface area contributed by atoms with Crippen LogP contribution in [0.5, 0.6) is 5.75 Å². The number of hydrogen-bond acceptors (Lipinski definition) is 6. The number of fused-ring (bicyclic) bond motifs is 1. The SMILES string of the molecule is CCCCCCc1cc2cc(-c3nnc(-c4cccc(Cl)c4)o3)c(=O)oc2cc1O. The van der Waals surface area contributed by atoms with Crippen molar-refractivity contribution in [3.05, 3.63) is 63.5 Å². The molecule has 2 aromatic carbocycles. The van der Waals surface area contributed by atoms with E-state index >= 15 is 0 Å². The molecule has 4 rings (SSSR count). The summed E-state index contributed by atoms with van der Waals surface area (Å²) in [5.74, 6) is 0.462. The van der Waals surface area contributed by atoms with Gasteiger partial charge in [0.1, 0.15) is 16.9 Å². The smallest absolute Gasteiger partial charge is 0.349 e. The minimum Gasteiger partial charge on any atom is -0.508 e. The summed E-state index contributed by atoms with van der Waals surface area (Å²) in [5.41, 5.74) is 1.35. The highest BCUT2D eigenvalue weighted by Gasteiger charge is 2.17. The van der Waals surface area contributed by atoms with Crippen molar-refractivity contribution in [2.75, 3.05) is 0 Å². The molecule has 4 aromatic rings. The molecular weight excluding hydrogens is 404 g/mol. The fourth-order valence-corrected chi connectivity index (χ4v) is 3.56. The van der Waals surface area contributed by atoms with Crippen molar-refractivity contribution in [2.45, 2.75) is 39.0 Å². The summed E-state index contributed by atoms with van der Waals surface area (Å²) in [4.78, 5) is 12.5. The number of phenolic OH excluding ortho intramolecular Hbond substituents is 1. The topological polar surface area (TPSA) is 89.4 Å². The van der Waals surface area contributed by atoms with E-state index in [1.165, 1.54) is 12.5 Å². The molecule has 6 nitrogen and oxygen atoms in total. The molecular formula is C23H21ClN2O4. The van der Waals surface area contributed by atoms with Gasteiger partial charge in [0.25, 0.3) is 5.89 Å². The number of rotatable bonds is 7. The molecule has 0 amide bonds. The lowest BCUT2D eigenvalue weighted by Crippen LogP contribution is -2.03. The zero-order valence-electron chi connectivity index (χ0n) is 16.5. The molecule has 7 heteroatoms. The Labute approximate surface area is 178 Å². The van der Waals surface area contributed by atoms with Gasteiger partial charge in [-0.15, -0.1) is 10.2 Å². The Morgan fingerprint density at radius 1 is 1.00 bits per heavy atom. The second-order valence-corrected chi connectivity index (χ2v) is 7.64. The van der Waals surface area contributed by atoms with Gasteiger partial charge in [-0.3, -0.25) is 0 Å². The van der Waals surface area contributed by atoms with Crippen LogP contribution in [0.1, 0.15) is 38.2 Å². The summed E-state index contributed by atoms with van der Waals surface area (Å²) < 4.78 is 11.1. The number of benzene rings is 2. The molecule has 0 saturated carbocycles. The van der Waals surface area contributed by atoms with Gasteiger partial charge >= 0.3 is 5.63 Å². The molecule has 1 N–H and O–H groups in total. The lowest BCUT2D eigenvalue weighted by atomic mass is 10.0. The Balaban J connectivity index is 1.68. The fraction of sp³-hybridized carbons (Fsp3) is 0.261. The van der Waals surface area contributed by atoms with Crippen LogP contribution < -0.4 is 5.63 Å². The van der Waals surface area contributed by atoms with Crippen LogP contribution >= 0.6 is 11.6 Å². The van der Waals surface area contributed by atoms with E-state index in [9.17, 15) is 9.90 Å². The Kier molecular flexibility index (Phi) is 5.86. The maximum absolute atomic E-state index is 12.5. The number of phenols is 1. The molecule has 0 atom stereocenters. The third-order valence-corrected chi connectivity index (χ3v) is 5.20. The zero-order chi connectivity index (χ0) is 21.1. The molecule has 154 valence electrons. The van der Waals surface area contributed by atoms with Crippen LogP contribution in [-0.4, -0.2) is 15.3 Å². The van der Waals surface area contributed by atoms with Crippen molar-refractivity contribution in [2.24, 2.45) is 0 Å². The highest BCUT2D eigenvalue weighted by Crippen LogP contribution is 2.29. The van der Waals surface area contributed by atoms with Crippen LogP contribution in [0.4, 0.5) is 0 Å². The molecule has 0 aliphatic heterocycles. The normalized spacial score (nSPS) is 11.3. The van der Waals surface area contributed by atoms with Crippen molar-refractivity contribution in [1.82, 2.24) is 10.2 Å². The van der Waals surface area contributed by atoms with Crippen LogP contribution in [0.3, 0.4) is 0 Å². The van der Waals surface area contributed by atoms with Gasteiger partial charge in [-0.05, 0) is 48.7 Å². The minimum atomic E-state index is -0.612. The average Bonchev–Trinajstić information content (AvgIpc) is 3.21. The van der Waals surface area contributed by atoms with Crippen molar-refractivity contribution in [3.63, 3.8) is 0 Å². The molecule has 0 aliphatic rings. The lowest BCUT2D eigenvalue weighted by molar-refractivity contribution is 0.464. The summed E-state index contributed by atoms with van der Waals surface area (Å²) in [6.45, 7) is 2.16. The minimum absolute atomic E-state index is 0.0678. The Morgan fingerprint density at radius 2 is 1.83 bits per heavy atom. The number of nitrogens with zero attached hydrogens (tertiary/aromatic N) is 2. The fourth-order valence-electron chi connectivity index (χ4n) is 3.37. The summed E-state index contributed by atoms with van der Waals surface area (Å²) in [5, 5.41) is 19.5. The van der Waals surface area contributed by atoms with E-state index in [-0.39, 0.29) is 23.1 Å². The van der Waals surface area contributed by atoms with E-state index < -0.39 is 5.63 Å². The van der Waals surface area contributed by atoms with E-state index in [0.29, 0.717) is 21.6 Å². The molecule has 0 spiro atoms. The average molecular weight is 425 g/mol. The number of aromatic hydroxyl groups is 1. The Morgan fingerprint density at radius 3 is 2.63 bits per heavy atom. The van der Waals surface area contributed by atoms with Gasteiger partial charge in [0.15, 0.2) is 0 Å². The van der Waals surface area contributed by atoms with Crippen LogP contribution in [0.2, 0.25) is 5.02 Å². The first-order valence-electron chi connectivity index (χ1n) is 9.94. The van der Waals surface area contributed by atoms with E-state index in [2.05, 4.69) is 17.1 Å². The number of hydrogen-bond donors (Lipinski definition) is 1. The van der Waals surface area contributed by atoms with Gasteiger partial charge in [0.05, 0.1) is 0 Å². The van der Waals surface area contributed by atoms with Crippen molar-refractivity contribution in [3.8, 4) is 28.7 Å². The number of halogens is 1. The van der Waals surface area contributed by atoms with Crippen molar-refractivity contribution < 1.29 is 13.9 Å². The van der Waals surface area contributed by atoms with Gasteiger partial charge < -0.3 is 13.9 Å². The first-order valence-corrected chi connectivity index (χ1v) is 10.3. The third kappa shape index (κ3) is 4.24. The molecule has 2 aromatic heterocycles. The molecule has 0 radical (unpaired) electrons. The molecule has 0 saturated heterocycles. The summed E-state index contributed by atoms with van der Waals surface area (Å²) in [6, 6.07) is 12.0. The quantitative estimate of drug-likeness (QED) is 0.289. The van der Waals surface area contributed by atoms with Gasteiger partial charge in [-0.25, -0.2) is 4.79 Å². The van der Waals surface area contributed by atoms with Crippen LogP contribution in [0.15, 0.2) is 56.1 Å². The molecule has 0 unspecified atom stereocenters. The molecule has 30 heavy (non-hydrogen) atoms. The number of unbranched alkanes of at least 4 members (excludes halogenated alkanes) is 3. The monoisotopic (exact) mass is 424 g/mol. The van der Waals surface area contributed by atoms with E-state index in [1.807, 2.05) is 6.07 Å². The second-order valence-electron chi connectivity index (χ2n) is 7.20. The first-order chi connectivity index (χ1) is 14.5. The predicted octanol–water partition coefficient (Wildman–Crippen LogP) is 5.99. The predicted molar refractivity (Wildman–Crippen MR) is 116 cm³/mol. The maximum Gasteiger partial charge on any atom is 0.349 e. The van der Waals surface area contributed by atoms with Crippen LogP contribution in [0, 0.1) is 0 Å². The highest BCUT2D eigenvalue weighted by molar-refractivity contribution is 6.30. The first kappa shape index (κ1) is 20.2. The van der Waals surface area contributed by atoms with Crippen molar-refractivity contribution >= 4 is 22.6 Å². The van der Waals surface area contributed by atoms with E-state index in [1.54, 1.807) is 30.3 Å².